The van der Waals surface area contributed by atoms with Crippen molar-refractivity contribution in [1.29, 1.82) is 0 Å². The maximum atomic E-state index is 2.51. The maximum absolute atomic E-state index is 2.51. The average Bonchev–Trinajstić information content (AvgIpc) is 2.52. The minimum Gasteiger partial charge on any atom is -0.0618 e. The Morgan fingerprint density at radius 2 is 1.47 bits per heavy atom. The summed E-state index contributed by atoms with van der Waals surface area (Å²) in [7, 11) is -0.506. The first kappa shape index (κ1) is 14.8. The molecular weight excluding hydrogens is 247 g/mol. The van der Waals surface area contributed by atoms with E-state index in [4.69, 9.17) is 0 Å². The molecule has 19 heavy (non-hydrogen) atoms. The van der Waals surface area contributed by atoms with Gasteiger partial charge in [0, 0.05) is 13.5 Å². The van der Waals surface area contributed by atoms with Gasteiger partial charge in [-0.15, -0.1) is 0 Å². The molecule has 0 N–H and O–H groups in total. The predicted octanol–water partition coefficient (Wildman–Crippen LogP) is 5.74. The molecule has 2 rings (SSSR count). The molecule has 0 fully saturated rings. The Labute approximate surface area is 120 Å². The zero-order valence-corrected chi connectivity index (χ0v) is 14.5. The van der Waals surface area contributed by atoms with Crippen LogP contribution < -0.4 is 0 Å². The van der Waals surface area contributed by atoms with Crippen LogP contribution in [0.1, 0.15) is 59.6 Å². The highest BCUT2D eigenvalue weighted by molar-refractivity contribution is 7.60. The fourth-order valence-electron chi connectivity index (χ4n) is 4.22. The summed E-state index contributed by atoms with van der Waals surface area (Å²) in [6.07, 6.45) is 0. The van der Waals surface area contributed by atoms with E-state index in [0.717, 1.165) is 11.3 Å². The van der Waals surface area contributed by atoms with Crippen LogP contribution in [0.2, 0.25) is 0 Å². The zero-order chi connectivity index (χ0) is 14.4. The van der Waals surface area contributed by atoms with Crippen molar-refractivity contribution in [3.05, 3.63) is 41.0 Å². The Morgan fingerprint density at radius 3 is 2.00 bits per heavy atom. The number of fused-ring (bicyclic) bond motifs is 1. The van der Waals surface area contributed by atoms with E-state index >= 15 is 0 Å². The largest absolute Gasteiger partial charge is 0.122 e. The van der Waals surface area contributed by atoms with Gasteiger partial charge in [-0.1, -0.05) is 24.3 Å². The summed E-state index contributed by atoms with van der Waals surface area (Å²) in [5.74, 6) is 0. The molecule has 1 aliphatic rings. The maximum Gasteiger partial charge on any atom is 0.122 e. The van der Waals surface area contributed by atoms with Crippen LogP contribution in [-0.2, 0) is 5.16 Å². The number of benzene rings is 1. The summed E-state index contributed by atoms with van der Waals surface area (Å²) in [5.41, 5.74) is 7.80. The van der Waals surface area contributed by atoms with E-state index in [9.17, 15) is 0 Å². The third-order valence-electron chi connectivity index (χ3n) is 5.00. The molecule has 1 atom stereocenters. The Balaban J connectivity index is 2.66. The summed E-state index contributed by atoms with van der Waals surface area (Å²) in [4.78, 5) is 0. The van der Waals surface area contributed by atoms with E-state index in [1.807, 2.05) is 0 Å². The third kappa shape index (κ3) is 2.09. The summed E-state index contributed by atoms with van der Waals surface area (Å²) < 4.78 is 0. The van der Waals surface area contributed by atoms with Gasteiger partial charge in [0.15, 0.2) is 0 Å². The van der Waals surface area contributed by atoms with Gasteiger partial charge in [0.05, 0.1) is 11.3 Å². The van der Waals surface area contributed by atoms with Gasteiger partial charge in [0.25, 0.3) is 0 Å². The van der Waals surface area contributed by atoms with E-state index in [2.05, 4.69) is 72.7 Å². The fourth-order valence-corrected chi connectivity index (χ4v) is 9.01. The summed E-state index contributed by atoms with van der Waals surface area (Å²) in [6, 6.07) is 9.06. The molecular formula is C18H28P+. The lowest BCUT2D eigenvalue weighted by molar-refractivity contribution is 0.780. The molecule has 104 valence electrons. The van der Waals surface area contributed by atoms with Gasteiger partial charge in [-0.2, -0.15) is 0 Å². The van der Waals surface area contributed by atoms with Gasteiger partial charge in [0.2, 0.25) is 0 Å². The highest BCUT2D eigenvalue weighted by Crippen LogP contribution is 2.68. The van der Waals surface area contributed by atoms with Gasteiger partial charge < -0.3 is 0 Å². The minimum atomic E-state index is -0.506. The van der Waals surface area contributed by atoms with E-state index < -0.39 is 7.92 Å². The number of allylic oxidation sites excluding steroid dienone is 2. The topological polar surface area (TPSA) is 0 Å². The van der Waals surface area contributed by atoms with E-state index in [1.54, 1.807) is 11.1 Å². The van der Waals surface area contributed by atoms with Crippen molar-refractivity contribution >= 4 is 13.5 Å². The van der Waals surface area contributed by atoms with Crippen LogP contribution in [0.25, 0.3) is 5.57 Å². The molecule has 0 amide bonds. The van der Waals surface area contributed by atoms with E-state index in [-0.39, 0.29) is 0 Å². The lowest BCUT2D eigenvalue weighted by atomic mass is 9.97. The SMILES string of the molecule is CC1=C(C)[C@@](C)([PH+](C(C)C)C(C)C)c2ccccc21. The number of hydrogen-bond donors (Lipinski definition) is 0. The van der Waals surface area contributed by atoms with Crippen molar-refractivity contribution in [3.63, 3.8) is 0 Å². The second kappa shape index (κ2) is 5.06. The molecule has 0 saturated heterocycles. The lowest BCUT2D eigenvalue weighted by Gasteiger charge is -2.36. The number of rotatable bonds is 3. The Morgan fingerprint density at radius 1 is 0.947 bits per heavy atom. The zero-order valence-electron chi connectivity index (χ0n) is 13.5. The minimum absolute atomic E-state index is 0.299. The molecule has 1 aromatic carbocycles. The molecule has 0 nitrogen and oxygen atoms in total. The van der Waals surface area contributed by atoms with Crippen molar-refractivity contribution < 1.29 is 0 Å². The van der Waals surface area contributed by atoms with Crippen LogP contribution in [0.15, 0.2) is 29.8 Å². The van der Waals surface area contributed by atoms with Gasteiger partial charge >= 0.3 is 0 Å². The van der Waals surface area contributed by atoms with Crippen LogP contribution in [0.4, 0.5) is 0 Å². The standard InChI is InChI=1S/C18H27P/c1-12(2)19(13(3)4)18(7)15(6)14(5)16-10-8-9-11-17(16)18/h8-13H,1-7H3/p+1/t18-/m1/s1. The molecule has 0 heterocycles. The highest BCUT2D eigenvalue weighted by Gasteiger charge is 2.51. The van der Waals surface area contributed by atoms with Crippen molar-refractivity contribution in [3.8, 4) is 0 Å². The molecule has 0 aromatic heterocycles. The first-order valence-electron chi connectivity index (χ1n) is 7.46. The normalized spacial score (nSPS) is 22.8. The van der Waals surface area contributed by atoms with Gasteiger partial charge in [0.1, 0.15) is 5.16 Å². The summed E-state index contributed by atoms with van der Waals surface area (Å²) in [5, 5.41) is 0.299. The summed E-state index contributed by atoms with van der Waals surface area (Å²) in [6.45, 7) is 16.9. The van der Waals surface area contributed by atoms with Gasteiger partial charge in [-0.05, 0) is 65.2 Å². The molecule has 1 aliphatic carbocycles. The molecule has 0 aliphatic heterocycles. The third-order valence-corrected chi connectivity index (χ3v) is 9.29. The molecule has 0 spiro atoms. The molecule has 0 bridgehead atoms. The van der Waals surface area contributed by atoms with Crippen molar-refractivity contribution in [2.45, 2.75) is 64.9 Å². The van der Waals surface area contributed by atoms with Crippen molar-refractivity contribution in [2.75, 3.05) is 0 Å². The molecule has 0 saturated carbocycles. The highest BCUT2D eigenvalue weighted by atomic mass is 31.1. The quantitative estimate of drug-likeness (QED) is 0.617. The Kier molecular flexibility index (Phi) is 3.94. The lowest BCUT2D eigenvalue weighted by Crippen LogP contribution is -2.26. The second-order valence-electron chi connectivity index (χ2n) is 6.69. The van der Waals surface area contributed by atoms with E-state index in [1.165, 1.54) is 11.1 Å². The van der Waals surface area contributed by atoms with Crippen LogP contribution in [-0.4, -0.2) is 11.3 Å². The van der Waals surface area contributed by atoms with Gasteiger partial charge in [-0.25, -0.2) is 0 Å². The van der Waals surface area contributed by atoms with Crippen LogP contribution in [0.5, 0.6) is 0 Å². The smallest absolute Gasteiger partial charge is 0.0618 e. The first-order valence-corrected chi connectivity index (χ1v) is 9.12. The van der Waals surface area contributed by atoms with E-state index in [0.29, 0.717) is 5.16 Å². The van der Waals surface area contributed by atoms with Crippen molar-refractivity contribution in [2.24, 2.45) is 0 Å². The Hall–Kier alpha value is -0.610. The average molecular weight is 275 g/mol. The predicted molar refractivity (Wildman–Crippen MR) is 90.6 cm³/mol. The fraction of sp³-hybridized carbons (Fsp3) is 0.556. The monoisotopic (exact) mass is 275 g/mol. The second-order valence-corrected chi connectivity index (χ2v) is 10.9. The van der Waals surface area contributed by atoms with Crippen LogP contribution in [0, 0.1) is 0 Å². The Bertz CT molecular complexity index is 502. The first-order chi connectivity index (χ1) is 8.81. The number of hydrogen-bond acceptors (Lipinski definition) is 0. The van der Waals surface area contributed by atoms with Gasteiger partial charge in [-0.3, -0.25) is 0 Å². The molecule has 1 heteroatoms. The molecule has 0 unspecified atom stereocenters. The summed E-state index contributed by atoms with van der Waals surface area (Å²) >= 11 is 0. The van der Waals surface area contributed by atoms with Crippen LogP contribution in [0.3, 0.4) is 0 Å². The van der Waals surface area contributed by atoms with Crippen molar-refractivity contribution in [1.82, 2.24) is 0 Å². The molecule has 1 aromatic rings. The van der Waals surface area contributed by atoms with Crippen LogP contribution >= 0.6 is 7.92 Å². The molecule has 0 radical (unpaired) electrons.